The molecule has 2 rings (SSSR count). The summed E-state index contributed by atoms with van der Waals surface area (Å²) in [5, 5.41) is 8.81. The highest BCUT2D eigenvalue weighted by molar-refractivity contribution is 7.99. The monoisotopic (exact) mass is 232 g/mol. The highest BCUT2D eigenvalue weighted by Crippen LogP contribution is 2.40. The van der Waals surface area contributed by atoms with Gasteiger partial charge in [-0.25, -0.2) is 0 Å². The molecular formula is C13H16N2S. The first-order valence-corrected chi connectivity index (χ1v) is 6.46. The topological polar surface area (TPSA) is 27.0 Å². The van der Waals surface area contributed by atoms with Gasteiger partial charge in [0.25, 0.3) is 0 Å². The Balaban J connectivity index is 2.41. The van der Waals surface area contributed by atoms with Gasteiger partial charge in [0.1, 0.15) is 0 Å². The second-order valence-electron chi connectivity index (χ2n) is 4.37. The molecule has 1 atom stereocenters. The van der Waals surface area contributed by atoms with Crippen molar-refractivity contribution in [1.29, 1.82) is 5.26 Å². The molecule has 1 aliphatic rings. The highest BCUT2D eigenvalue weighted by Gasteiger charge is 2.25. The van der Waals surface area contributed by atoms with Crippen molar-refractivity contribution in [3.8, 4) is 6.07 Å². The van der Waals surface area contributed by atoms with Crippen LogP contribution < -0.4 is 4.90 Å². The van der Waals surface area contributed by atoms with E-state index in [1.807, 2.05) is 11.8 Å². The van der Waals surface area contributed by atoms with Crippen LogP contribution in [0, 0.1) is 25.2 Å². The number of thioether (sulfide) groups is 1. The first kappa shape index (κ1) is 11.3. The smallest absolute Gasteiger partial charge is 0.0643 e. The number of rotatable bonds is 1. The number of fused-ring (bicyclic) bond motifs is 1. The third-order valence-electron chi connectivity index (χ3n) is 3.07. The van der Waals surface area contributed by atoms with Gasteiger partial charge in [-0.3, -0.25) is 0 Å². The van der Waals surface area contributed by atoms with Crippen molar-refractivity contribution >= 4 is 17.4 Å². The van der Waals surface area contributed by atoms with Gasteiger partial charge >= 0.3 is 0 Å². The van der Waals surface area contributed by atoms with E-state index in [9.17, 15) is 0 Å². The number of hydrogen-bond donors (Lipinski definition) is 0. The second kappa shape index (κ2) is 4.39. The maximum absolute atomic E-state index is 8.81. The third kappa shape index (κ3) is 1.90. The number of nitrogens with zero attached hydrogens (tertiary/aromatic N) is 2. The fourth-order valence-corrected chi connectivity index (χ4v) is 3.69. The molecule has 0 saturated carbocycles. The van der Waals surface area contributed by atoms with Crippen LogP contribution in [0.1, 0.15) is 17.5 Å². The SMILES string of the molecule is Cc1cc(C)c2c(c1)SCC(CC#N)N2C. The average molecular weight is 232 g/mol. The number of benzene rings is 1. The predicted molar refractivity (Wildman–Crippen MR) is 69.1 cm³/mol. The van der Waals surface area contributed by atoms with Gasteiger partial charge in [-0.2, -0.15) is 5.26 Å². The summed E-state index contributed by atoms with van der Waals surface area (Å²) in [4.78, 5) is 3.62. The van der Waals surface area contributed by atoms with E-state index in [4.69, 9.17) is 5.26 Å². The van der Waals surface area contributed by atoms with Crippen molar-refractivity contribution in [3.63, 3.8) is 0 Å². The number of anilines is 1. The van der Waals surface area contributed by atoms with Gasteiger partial charge < -0.3 is 4.90 Å². The van der Waals surface area contributed by atoms with Crippen molar-refractivity contribution < 1.29 is 0 Å². The van der Waals surface area contributed by atoms with Crippen LogP contribution in [0.25, 0.3) is 0 Å². The first-order chi connectivity index (χ1) is 7.63. The molecule has 1 aromatic rings. The molecule has 0 amide bonds. The maximum atomic E-state index is 8.81. The molecule has 0 fully saturated rings. The largest absolute Gasteiger partial charge is 0.369 e. The average Bonchev–Trinajstić information content (AvgIpc) is 2.21. The van der Waals surface area contributed by atoms with Crippen LogP contribution in [0.5, 0.6) is 0 Å². The molecule has 0 spiro atoms. The first-order valence-electron chi connectivity index (χ1n) is 5.47. The van der Waals surface area contributed by atoms with Crippen LogP contribution in [-0.4, -0.2) is 18.8 Å². The summed E-state index contributed by atoms with van der Waals surface area (Å²) in [5.41, 5.74) is 3.94. The molecule has 0 radical (unpaired) electrons. The molecule has 0 N–H and O–H groups in total. The summed E-state index contributed by atoms with van der Waals surface area (Å²) in [7, 11) is 2.10. The fourth-order valence-electron chi connectivity index (χ4n) is 2.26. The Morgan fingerprint density at radius 1 is 1.50 bits per heavy atom. The molecule has 0 bridgehead atoms. The van der Waals surface area contributed by atoms with Gasteiger partial charge in [0.2, 0.25) is 0 Å². The summed E-state index contributed by atoms with van der Waals surface area (Å²) in [6.07, 6.45) is 0.607. The van der Waals surface area contributed by atoms with Crippen molar-refractivity contribution in [2.45, 2.75) is 31.2 Å². The molecule has 0 saturated heterocycles. The van der Waals surface area contributed by atoms with E-state index < -0.39 is 0 Å². The molecule has 16 heavy (non-hydrogen) atoms. The Bertz CT molecular complexity index is 448. The normalized spacial score (nSPS) is 19.1. The van der Waals surface area contributed by atoms with Crippen LogP contribution in [0.15, 0.2) is 17.0 Å². The minimum absolute atomic E-state index is 0.351. The lowest BCUT2D eigenvalue weighted by Crippen LogP contribution is -2.36. The van der Waals surface area contributed by atoms with Crippen LogP contribution in [0.3, 0.4) is 0 Å². The molecule has 0 aromatic heterocycles. The summed E-state index contributed by atoms with van der Waals surface area (Å²) in [6, 6.07) is 7.08. The molecular weight excluding hydrogens is 216 g/mol. The molecule has 1 aliphatic heterocycles. The summed E-state index contributed by atoms with van der Waals surface area (Å²) >= 11 is 1.88. The molecule has 1 heterocycles. The molecule has 2 nitrogen and oxygen atoms in total. The Labute approximate surface area is 101 Å². The van der Waals surface area contributed by atoms with Crippen molar-refractivity contribution in [2.75, 3.05) is 17.7 Å². The molecule has 84 valence electrons. The van der Waals surface area contributed by atoms with Gasteiger partial charge in [-0.15, -0.1) is 11.8 Å². The van der Waals surface area contributed by atoms with E-state index in [1.165, 1.54) is 21.7 Å². The second-order valence-corrected chi connectivity index (χ2v) is 5.43. The minimum atomic E-state index is 0.351. The Hall–Kier alpha value is -1.14. The maximum Gasteiger partial charge on any atom is 0.0643 e. The molecule has 1 unspecified atom stereocenters. The zero-order chi connectivity index (χ0) is 11.7. The summed E-state index contributed by atoms with van der Waals surface area (Å²) in [6.45, 7) is 4.28. The van der Waals surface area contributed by atoms with E-state index in [0.717, 1.165) is 5.75 Å². The van der Waals surface area contributed by atoms with Crippen LogP contribution in [-0.2, 0) is 0 Å². The van der Waals surface area contributed by atoms with Crippen LogP contribution in [0.2, 0.25) is 0 Å². The Kier molecular flexibility index (Phi) is 3.11. The number of aryl methyl sites for hydroxylation is 2. The van der Waals surface area contributed by atoms with Gasteiger partial charge in [0.05, 0.1) is 24.2 Å². The van der Waals surface area contributed by atoms with Crippen LogP contribution >= 0.6 is 11.8 Å². The van der Waals surface area contributed by atoms with E-state index in [2.05, 4.69) is 44.0 Å². The van der Waals surface area contributed by atoms with E-state index in [-0.39, 0.29) is 0 Å². The van der Waals surface area contributed by atoms with Crippen molar-refractivity contribution in [3.05, 3.63) is 23.3 Å². The summed E-state index contributed by atoms with van der Waals surface area (Å²) in [5.74, 6) is 1.01. The van der Waals surface area contributed by atoms with Crippen LogP contribution in [0.4, 0.5) is 5.69 Å². The van der Waals surface area contributed by atoms with Crippen molar-refractivity contribution in [1.82, 2.24) is 0 Å². The molecule has 0 aliphatic carbocycles. The van der Waals surface area contributed by atoms with Gasteiger partial charge in [-0.05, 0) is 31.0 Å². The lowest BCUT2D eigenvalue weighted by Gasteiger charge is -2.35. The summed E-state index contributed by atoms with van der Waals surface area (Å²) < 4.78 is 0. The Morgan fingerprint density at radius 3 is 2.94 bits per heavy atom. The predicted octanol–water partition coefficient (Wildman–Crippen LogP) is 3.13. The Morgan fingerprint density at radius 2 is 2.25 bits per heavy atom. The van der Waals surface area contributed by atoms with E-state index >= 15 is 0 Å². The number of hydrogen-bond acceptors (Lipinski definition) is 3. The zero-order valence-electron chi connectivity index (χ0n) is 9.95. The number of nitriles is 1. The van der Waals surface area contributed by atoms with Crippen molar-refractivity contribution in [2.24, 2.45) is 0 Å². The zero-order valence-corrected chi connectivity index (χ0v) is 10.8. The molecule has 1 aromatic carbocycles. The standard InChI is InChI=1S/C13H16N2S/c1-9-6-10(2)13-12(7-9)16-8-11(4-5-14)15(13)3/h6-7,11H,4,8H2,1-3H3. The van der Waals surface area contributed by atoms with Gasteiger partial charge in [0, 0.05) is 17.7 Å². The van der Waals surface area contributed by atoms with Gasteiger partial charge in [0.15, 0.2) is 0 Å². The third-order valence-corrected chi connectivity index (χ3v) is 4.24. The van der Waals surface area contributed by atoms with E-state index in [1.54, 1.807) is 0 Å². The highest BCUT2D eigenvalue weighted by atomic mass is 32.2. The van der Waals surface area contributed by atoms with E-state index in [0.29, 0.717) is 12.5 Å². The fraction of sp³-hybridized carbons (Fsp3) is 0.462. The van der Waals surface area contributed by atoms with Gasteiger partial charge in [-0.1, -0.05) is 6.07 Å². The lowest BCUT2D eigenvalue weighted by atomic mass is 10.1. The molecule has 3 heteroatoms. The minimum Gasteiger partial charge on any atom is -0.369 e. The lowest BCUT2D eigenvalue weighted by molar-refractivity contribution is 0.696. The quantitative estimate of drug-likeness (QED) is 0.744.